The topological polar surface area (TPSA) is 12.0 Å². The summed E-state index contributed by atoms with van der Waals surface area (Å²) in [5.41, 5.74) is 0.839. The fourth-order valence-electron chi connectivity index (χ4n) is 2.13. The highest BCUT2D eigenvalue weighted by molar-refractivity contribution is 4.90. The van der Waals surface area contributed by atoms with Gasteiger partial charge in [0.1, 0.15) is 0 Å². The monoisotopic (exact) mass is 125 g/mol. The van der Waals surface area contributed by atoms with Crippen LogP contribution in [0.1, 0.15) is 32.1 Å². The van der Waals surface area contributed by atoms with E-state index in [1.165, 1.54) is 45.2 Å². The molecule has 2 fully saturated rings. The highest BCUT2D eigenvalue weighted by Gasteiger charge is 2.37. The molecule has 0 aromatic carbocycles. The van der Waals surface area contributed by atoms with Crippen LogP contribution in [0.15, 0.2) is 0 Å². The molecule has 9 heavy (non-hydrogen) atoms. The van der Waals surface area contributed by atoms with Crippen molar-refractivity contribution >= 4 is 0 Å². The van der Waals surface area contributed by atoms with Gasteiger partial charge in [0, 0.05) is 0 Å². The van der Waals surface area contributed by atoms with Crippen molar-refractivity contribution in [2.45, 2.75) is 32.1 Å². The van der Waals surface area contributed by atoms with Gasteiger partial charge >= 0.3 is 0 Å². The number of piperidine rings is 1. The summed E-state index contributed by atoms with van der Waals surface area (Å²) in [5, 5.41) is 3.41. The van der Waals surface area contributed by atoms with Gasteiger partial charge in [-0.3, -0.25) is 0 Å². The molecule has 52 valence electrons. The van der Waals surface area contributed by atoms with E-state index in [1.807, 2.05) is 0 Å². The summed E-state index contributed by atoms with van der Waals surface area (Å²) in [6.45, 7) is 2.56. The fraction of sp³-hybridized carbons (Fsp3) is 1.00. The van der Waals surface area contributed by atoms with Crippen LogP contribution in [0.4, 0.5) is 0 Å². The molecule has 1 N–H and O–H groups in total. The van der Waals surface area contributed by atoms with Crippen molar-refractivity contribution in [3.05, 3.63) is 0 Å². The lowest BCUT2D eigenvalue weighted by atomic mass is 9.63. The molecule has 1 heteroatoms. The van der Waals surface area contributed by atoms with Crippen molar-refractivity contribution < 1.29 is 0 Å². The molecule has 0 radical (unpaired) electrons. The molecule has 1 heterocycles. The molecule has 0 aromatic rings. The predicted molar refractivity (Wildman–Crippen MR) is 38.4 cm³/mol. The second-order valence-corrected chi connectivity index (χ2v) is 3.60. The van der Waals surface area contributed by atoms with Gasteiger partial charge in [0.2, 0.25) is 0 Å². The highest BCUT2D eigenvalue weighted by Crippen LogP contribution is 2.47. The third-order valence-electron chi connectivity index (χ3n) is 3.08. The summed E-state index contributed by atoms with van der Waals surface area (Å²) < 4.78 is 0. The first-order chi connectivity index (χ1) is 4.41. The molecule has 0 bridgehead atoms. The molecule has 2 aliphatic rings. The van der Waals surface area contributed by atoms with E-state index in [0.717, 1.165) is 5.41 Å². The molecular weight excluding hydrogens is 110 g/mol. The van der Waals surface area contributed by atoms with Gasteiger partial charge in [-0.2, -0.15) is 0 Å². The number of nitrogens with one attached hydrogen (secondary N) is 1. The van der Waals surface area contributed by atoms with Crippen LogP contribution in [0, 0.1) is 5.41 Å². The predicted octanol–water partition coefficient (Wildman–Crippen LogP) is 1.54. The Hall–Kier alpha value is -0.0400. The molecule has 0 unspecified atom stereocenters. The van der Waals surface area contributed by atoms with E-state index in [9.17, 15) is 0 Å². The van der Waals surface area contributed by atoms with Gasteiger partial charge < -0.3 is 5.32 Å². The van der Waals surface area contributed by atoms with E-state index in [-0.39, 0.29) is 0 Å². The lowest BCUT2D eigenvalue weighted by Crippen LogP contribution is -2.40. The van der Waals surface area contributed by atoms with E-state index in [0.29, 0.717) is 0 Å². The number of rotatable bonds is 0. The third kappa shape index (κ3) is 0.877. The maximum absolute atomic E-state index is 3.41. The molecule has 1 aliphatic carbocycles. The Kier molecular flexibility index (Phi) is 1.26. The standard InChI is InChI=1S/C8H15N/c1-2-8(3-1)4-6-9-7-5-8/h9H,1-7H2. The minimum atomic E-state index is 0.839. The van der Waals surface area contributed by atoms with E-state index in [1.54, 1.807) is 0 Å². The maximum Gasteiger partial charge on any atom is -0.00436 e. The van der Waals surface area contributed by atoms with E-state index in [2.05, 4.69) is 5.32 Å². The molecule has 0 aromatic heterocycles. The summed E-state index contributed by atoms with van der Waals surface area (Å²) in [7, 11) is 0. The maximum atomic E-state index is 3.41. The van der Waals surface area contributed by atoms with Crippen molar-refractivity contribution in [3.8, 4) is 0 Å². The smallest absolute Gasteiger partial charge is 0.00436 e. The van der Waals surface area contributed by atoms with Crippen LogP contribution in [0.2, 0.25) is 0 Å². The van der Waals surface area contributed by atoms with Gasteiger partial charge in [-0.1, -0.05) is 6.42 Å². The number of hydrogen-bond donors (Lipinski definition) is 1. The van der Waals surface area contributed by atoms with Gasteiger partial charge in [0.15, 0.2) is 0 Å². The average molecular weight is 125 g/mol. The van der Waals surface area contributed by atoms with Gasteiger partial charge in [0.25, 0.3) is 0 Å². The Morgan fingerprint density at radius 1 is 0.889 bits per heavy atom. The summed E-state index contributed by atoms with van der Waals surface area (Å²) in [4.78, 5) is 0. The van der Waals surface area contributed by atoms with Gasteiger partial charge in [-0.25, -0.2) is 0 Å². The second-order valence-electron chi connectivity index (χ2n) is 3.60. The van der Waals surface area contributed by atoms with Crippen molar-refractivity contribution in [1.82, 2.24) is 5.32 Å². The summed E-state index contributed by atoms with van der Waals surface area (Å²) >= 11 is 0. The highest BCUT2D eigenvalue weighted by atomic mass is 14.9. The minimum Gasteiger partial charge on any atom is -0.317 e. The van der Waals surface area contributed by atoms with Crippen molar-refractivity contribution in [1.29, 1.82) is 0 Å². The van der Waals surface area contributed by atoms with Crippen LogP contribution in [-0.2, 0) is 0 Å². The normalized spacial score (nSPS) is 32.0. The average Bonchev–Trinajstić information content (AvgIpc) is 1.87. The molecule has 1 saturated heterocycles. The van der Waals surface area contributed by atoms with Gasteiger partial charge in [-0.15, -0.1) is 0 Å². The zero-order chi connectivity index (χ0) is 6.16. The second kappa shape index (κ2) is 1.98. The molecule has 2 rings (SSSR count). The summed E-state index contributed by atoms with van der Waals surface area (Å²) in [6, 6.07) is 0. The molecule has 1 aliphatic heterocycles. The first-order valence-corrected chi connectivity index (χ1v) is 4.12. The zero-order valence-corrected chi connectivity index (χ0v) is 5.95. The van der Waals surface area contributed by atoms with E-state index in [4.69, 9.17) is 0 Å². The SMILES string of the molecule is C1CC2(C1)CCNCC2. The largest absolute Gasteiger partial charge is 0.317 e. The first kappa shape index (κ1) is 5.72. The van der Waals surface area contributed by atoms with Crippen molar-refractivity contribution in [2.24, 2.45) is 5.41 Å². The van der Waals surface area contributed by atoms with Crippen LogP contribution < -0.4 is 5.32 Å². The van der Waals surface area contributed by atoms with Crippen LogP contribution in [0.25, 0.3) is 0 Å². The molecule has 0 atom stereocenters. The van der Waals surface area contributed by atoms with Crippen LogP contribution in [-0.4, -0.2) is 13.1 Å². The molecule has 1 saturated carbocycles. The van der Waals surface area contributed by atoms with E-state index < -0.39 is 0 Å². The Morgan fingerprint density at radius 3 is 1.89 bits per heavy atom. The van der Waals surface area contributed by atoms with Gasteiger partial charge in [0.05, 0.1) is 0 Å². The minimum absolute atomic E-state index is 0.839. The van der Waals surface area contributed by atoms with Crippen LogP contribution in [0.3, 0.4) is 0 Å². The first-order valence-electron chi connectivity index (χ1n) is 4.12. The molecule has 0 amide bonds. The molecular formula is C8H15N. The lowest BCUT2D eigenvalue weighted by molar-refractivity contribution is 0.0864. The Balaban J connectivity index is 1.93. The van der Waals surface area contributed by atoms with Crippen molar-refractivity contribution in [2.75, 3.05) is 13.1 Å². The molecule has 1 nitrogen and oxygen atoms in total. The summed E-state index contributed by atoms with van der Waals surface area (Å²) in [6.07, 6.45) is 7.45. The number of hydrogen-bond acceptors (Lipinski definition) is 1. The van der Waals surface area contributed by atoms with Crippen molar-refractivity contribution in [3.63, 3.8) is 0 Å². The van der Waals surface area contributed by atoms with E-state index >= 15 is 0 Å². The van der Waals surface area contributed by atoms with Crippen LogP contribution in [0.5, 0.6) is 0 Å². The fourth-order valence-corrected chi connectivity index (χ4v) is 2.13. The third-order valence-corrected chi connectivity index (χ3v) is 3.08. The quantitative estimate of drug-likeness (QED) is 0.518. The summed E-state index contributed by atoms with van der Waals surface area (Å²) in [5.74, 6) is 0. The zero-order valence-electron chi connectivity index (χ0n) is 5.95. The van der Waals surface area contributed by atoms with Crippen LogP contribution >= 0.6 is 0 Å². The van der Waals surface area contributed by atoms with Gasteiger partial charge in [-0.05, 0) is 44.2 Å². The Morgan fingerprint density at radius 2 is 1.56 bits per heavy atom. The Bertz CT molecular complexity index is 97.1. The Labute approximate surface area is 56.8 Å². The molecule has 1 spiro atoms. The lowest BCUT2D eigenvalue weighted by Gasteiger charge is -2.45.